The Hall–Kier alpha value is -3.62. The molecule has 2 saturated heterocycles. The molecule has 0 aliphatic carbocycles. The highest BCUT2D eigenvalue weighted by Crippen LogP contribution is 2.22. The van der Waals surface area contributed by atoms with Crippen molar-refractivity contribution in [2.75, 3.05) is 57.4 Å². The number of para-hydroxylation sites is 1. The van der Waals surface area contributed by atoms with Gasteiger partial charge >= 0.3 is 5.97 Å². The fourth-order valence-electron chi connectivity index (χ4n) is 4.66. The maximum Gasteiger partial charge on any atom is 0.339 e. The van der Waals surface area contributed by atoms with E-state index in [0.717, 1.165) is 24.4 Å². The van der Waals surface area contributed by atoms with E-state index in [0.29, 0.717) is 64.5 Å². The van der Waals surface area contributed by atoms with Gasteiger partial charge in [-0.1, -0.05) is 18.2 Å². The van der Waals surface area contributed by atoms with E-state index in [9.17, 15) is 14.4 Å². The normalized spacial score (nSPS) is 18.0. The summed E-state index contributed by atoms with van der Waals surface area (Å²) in [4.78, 5) is 48.0. The second-order valence-electron chi connectivity index (χ2n) is 9.03. The van der Waals surface area contributed by atoms with Crippen LogP contribution in [0.4, 0.5) is 5.82 Å². The van der Waals surface area contributed by atoms with E-state index >= 15 is 0 Å². The summed E-state index contributed by atoms with van der Waals surface area (Å²) in [6.07, 6.45) is 3.47. The molecular formula is C27H34N4O5. The molecule has 1 atom stereocenters. The van der Waals surface area contributed by atoms with Crippen LogP contribution in [0, 0.1) is 5.92 Å². The lowest BCUT2D eigenvalue weighted by Gasteiger charge is -2.39. The number of aromatic nitrogens is 1. The predicted octanol–water partition coefficient (Wildman–Crippen LogP) is 2.61. The largest absolute Gasteiger partial charge is 0.493 e. The van der Waals surface area contributed by atoms with E-state index in [-0.39, 0.29) is 23.7 Å². The average Bonchev–Trinajstić information content (AvgIpc) is 2.93. The molecule has 0 bridgehead atoms. The van der Waals surface area contributed by atoms with E-state index in [1.54, 1.807) is 13.0 Å². The first kappa shape index (κ1) is 25.5. The lowest BCUT2D eigenvalue weighted by atomic mass is 9.96. The average molecular weight is 495 g/mol. The number of hydrogen-bond donors (Lipinski definition) is 0. The molecule has 36 heavy (non-hydrogen) atoms. The number of amides is 2. The maximum absolute atomic E-state index is 13.2. The summed E-state index contributed by atoms with van der Waals surface area (Å²) in [6, 6.07) is 13.0. The summed E-state index contributed by atoms with van der Waals surface area (Å²) in [6.45, 7) is 6.14. The number of nitrogens with zero attached hydrogens (tertiary/aromatic N) is 4. The smallest absolute Gasteiger partial charge is 0.339 e. The number of piperidine rings is 1. The number of anilines is 1. The number of benzene rings is 1. The number of carbonyl (C=O) groups excluding carboxylic acids is 3. The van der Waals surface area contributed by atoms with Gasteiger partial charge in [0.25, 0.3) is 0 Å². The number of rotatable bonds is 8. The first-order valence-electron chi connectivity index (χ1n) is 12.7. The highest BCUT2D eigenvalue weighted by molar-refractivity contribution is 5.89. The second-order valence-corrected chi connectivity index (χ2v) is 9.03. The van der Waals surface area contributed by atoms with Gasteiger partial charge < -0.3 is 24.2 Å². The number of piperazine rings is 1. The number of carbonyl (C=O) groups is 3. The minimum absolute atomic E-state index is 0.0330. The minimum atomic E-state index is -0.379. The Morgan fingerprint density at radius 2 is 1.75 bits per heavy atom. The van der Waals surface area contributed by atoms with Gasteiger partial charge in [0.05, 0.1) is 31.1 Å². The standard InChI is InChI=1S/C27H34N4O5/c1-2-35-27(34)21-10-11-24(28-19-21)29-14-16-30(17-15-29)26(33)22-7-6-13-31(20-22)25(32)12-18-36-23-8-4-3-5-9-23/h3-5,8-11,19,22H,2,6-7,12-18,20H2,1H3. The van der Waals surface area contributed by atoms with E-state index in [2.05, 4.69) is 9.88 Å². The molecule has 1 aromatic heterocycles. The van der Waals surface area contributed by atoms with Crippen molar-refractivity contribution in [3.8, 4) is 5.75 Å². The van der Waals surface area contributed by atoms with Gasteiger partial charge in [0, 0.05) is 45.5 Å². The van der Waals surface area contributed by atoms with Crippen LogP contribution >= 0.6 is 0 Å². The van der Waals surface area contributed by atoms with Gasteiger partial charge in [0.15, 0.2) is 0 Å². The Labute approximate surface area is 212 Å². The van der Waals surface area contributed by atoms with Crippen LogP contribution in [0.15, 0.2) is 48.7 Å². The third-order valence-electron chi connectivity index (χ3n) is 6.63. The molecule has 2 fully saturated rings. The van der Waals surface area contributed by atoms with Gasteiger partial charge in [-0.2, -0.15) is 0 Å². The molecule has 3 heterocycles. The monoisotopic (exact) mass is 494 g/mol. The van der Waals surface area contributed by atoms with Crippen LogP contribution in [0.5, 0.6) is 5.75 Å². The summed E-state index contributed by atoms with van der Waals surface area (Å²) in [5, 5.41) is 0. The number of pyridine rings is 1. The Morgan fingerprint density at radius 1 is 0.972 bits per heavy atom. The predicted molar refractivity (Wildman–Crippen MR) is 135 cm³/mol. The Bertz CT molecular complexity index is 1020. The van der Waals surface area contributed by atoms with E-state index < -0.39 is 0 Å². The van der Waals surface area contributed by atoms with Gasteiger partial charge in [-0.3, -0.25) is 9.59 Å². The summed E-state index contributed by atoms with van der Waals surface area (Å²) in [5.41, 5.74) is 0.428. The number of hydrogen-bond acceptors (Lipinski definition) is 7. The quantitative estimate of drug-likeness (QED) is 0.521. The topological polar surface area (TPSA) is 92.3 Å². The van der Waals surface area contributed by atoms with Crippen LogP contribution in [0.2, 0.25) is 0 Å². The highest BCUT2D eigenvalue weighted by atomic mass is 16.5. The fourth-order valence-corrected chi connectivity index (χ4v) is 4.66. The molecule has 9 nitrogen and oxygen atoms in total. The molecule has 0 spiro atoms. The third-order valence-corrected chi connectivity index (χ3v) is 6.63. The molecule has 4 rings (SSSR count). The van der Waals surface area contributed by atoms with Crippen LogP contribution in [0.3, 0.4) is 0 Å². The molecule has 1 unspecified atom stereocenters. The molecule has 2 aromatic rings. The Kier molecular flexibility index (Phi) is 8.76. The Balaban J connectivity index is 1.23. The van der Waals surface area contributed by atoms with Crippen molar-refractivity contribution < 1.29 is 23.9 Å². The van der Waals surface area contributed by atoms with Gasteiger partial charge in [-0.15, -0.1) is 0 Å². The van der Waals surface area contributed by atoms with Gasteiger partial charge in [0.1, 0.15) is 11.6 Å². The SMILES string of the molecule is CCOC(=O)c1ccc(N2CCN(C(=O)C3CCCN(C(=O)CCOc4ccccc4)C3)CC2)nc1. The van der Waals surface area contributed by atoms with Crippen molar-refractivity contribution in [3.63, 3.8) is 0 Å². The fraction of sp³-hybridized carbons (Fsp3) is 0.481. The zero-order valence-corrected chi connectivity index (χ0v) is 20.8. The van der Waals surface area contributed by atoms with Crippen molar-refractivity contribution >= 4 is 23.6 Å². The molecule has 0 N–H and O–H groups in total. The van der Waals surface area contributed by atoms with Gasteiger partial charge in [0.2, 0.25) is 11.8 Å². The zero-order valence-electron chi connectivity index (χ0n) is 20.8. The van der Waals surface area contributed by atoms with Crippen molar-refractivity contribution in [2.24, 2.45) is 5.92 Å². The first-order valence-corrected chi connectivity index (χ1v) is 12.7. The summed E-state index contributed by atoms with van der Waals surface area (Å²) >= 11 is 0. The molecule has 1 aromatic carbocycles. The van der Waals surface area contributed by atoms with Crippen LogP contribution in [-0.2, 0) is 14.3 Å². The maximum atomic E-state index is 13.2. The number of esters is 1. The van der Waals surface area contributed by atoms with Gasteiger partial charge in [-0.25, -0.2) is 9.78 Å². The number of ether oxygens (including phenoxy) is 2. The molecule has 0 saturated carbocycles. The second kappa shape index (κ2) is 12.4. The van der Waals surface area contributed by atoms with Crippen LogP contribution < -0.4 is 9.64 Å². The van der Waals surface area contributed by atoms with Crippen molar-refractivity contribution in [1.82, 2.24) is 14.8 Å². The molecule has 192 valence electrons. The van der Waals surface area contributed by atoms with Crippen LogP contribution in [0.1, 0.15) is 36.5 Å². The van der Waals surface area contributed by atoms with Crippen LogP contribution in [-0.4, -0.2) is 85.0 Å². The number of likely N-dealkylation sites (tertiary alicyclic amines) is 1. The van der Waals surface area contributed by atoms with Gasteiger partial charge in [-0.05, 0) is 44.0 Å². The third kappa shape index (κ3) is 6.53. The Morgan fingerprint density at radius 3 is 2.44 bits per heavy atom. The molecule has 2 aliphatic heterocycles. The molecule has 2 aliphatic rings. The lowest BCUT2D eigenvalue weighted by molar-refractivity contribution is -0.141. The molecule has 9 heteroatoms. The van der Waals surface area contributed by atoms with Crippen molar-refractivity contribution in [2.45, 2.75) is 26.2 Å². The van der Waals surface area contributed by atoms with Crippen LogP contribution in [0.25, 0.3) is 0 Å². The lowest BCUT2D eigenvalue weighted by Crippen LogP contribution is -2.53. The van der Waals surface area contributed by atoms with Crippen molar-refractivity contribution in [1.29, 1.82) is 0 Å². The summed E-state index contributed by atoms with van der Waals surface area (Å²) in [7, 11) is 0. The highest BCUT2D eigenvalue weighted by Gasteiger charge is 2.32. The van der Waals surface area contributed by atoms with E-state index in [1.807, 2.05) is 46.2 Å². The van der Waals surface area contributed by atoms with E-state index in [1.165, 1.54) is 6.20 Å². The summed E-state index contributed by atoms with van der Waals surface area (Å²) < 4.78 is 10.7. The molecule has 0 radical (unpaired) electrons. The van der Waals surface area contributed by atoms with E-state index in [4.69, 9.17) is 9.47 Å². The van der Waals surface area contributed by atoms with Crippen molar-refractivity contribution in [3.05, 3.63) is 54.2 Å². The summed E-state index contributed by atoms with van der Waals surface area (Å²) in [5.74, 6) is 1.15. The minimum Gasteiger partial charge on any atom is -0.493 e. The molecular weight excluding hydrogens is 460 g/mol. The first-order chi connectivity index (χ1) is 17.5. The molecule has 2 amide bonds. The zero-order chi connectivity index (χ0) is 25.3.